The van der Waals surface area contributed by atoms with Crippen molar-refractivity contribution in [2.75, 3.05) is 26.2 Å². The van der Waals surface area contributed by atoms with Crippen LogP contribution in [0, 0.1) is 5.92 Å². The van der Waals surface area contributed by atoms with Crippen molar-refractivity contribution in [1.29, 1.82) is 0 Å². The molecule has 2 nitrogen and oxygen atoms in total. The van der Waals surface area contributed by atoms with Crippen LogP contribution in [0.1, 0.15) is 45.4 Å². The maximum Gasteiger partial charge on any atom is -0.00464 e. The summed E-state index contributed by atoms with van der Waals surface area (Å²) in [6.07, 6.45) is 8.40. The lowest BCUT2D eigenvalue weighted by molar-refractivity contribution is 0.402. The fourth-order valence-corrected chi connectivity index (χ4v) is 1.94. The fraction of sp³-hybridized carbons (Fsp3) is 1.00. The van der Waals surface area contributed by atoms with Gasteiger partial charge < -0.3 is 10.6 Å². The van der Waals surface area contributed by atoms with Crippen molar-refractivity contribution in [3.8, 4) is 0 Å². The summed E-state index contributed by atoms with van der Waals surface area (Å²) in [6.45, 7) is 7.29. The highest BCUT2D eigenvalue weighted by Crippen LogP contribution is 2.08. The molecule has 0 spiro atoms. The van der Waals surface area contributed by atoms with E-state index in [4.69, 9.17) is 0 Å². The molecule has 14 heavy (non-hydrogen) atoms. The first kappa shape index (κ1) is 12.0. The van der Waals surface area contributed by atoms with Gasteiger partial charge in [0.05, 0.1) is 0 Å². The predicted octanol–water partition coefficient (Wildman–Crippen LogP) is 2.16. The van der Waals surface area contributed by atoms with Crippen LogP contribution >= 0.6 is 0 Å². The third kappa shape index (κ3) is 6.39. The number of piperidine rings is 1. The van der Waals surface area contributed by atoms with Crippen molar-refractivity contribution in [3.63, 3.8) is 0 Å². The highest BCUT2D eigenvalue weighted by molar-refractivity contribution is 4.62. The summed E-state index contributed by atoms with van der Waals surface area (Å²) in [5.74, 6) is 0.973. The first-order chi connectivity index (χ1) is 6.89. The molecular formula is C12H26N2. The molecule has 2 N–H and O–H groups in total. The van der Waals surface area contributed by atoms with E-state index in [0.717, 1.165) is 5.92 Å². The molecule has 0 aromatic carbocycles. The minimum absolute atomic E-state index is 0.973. The van der Waals surface area contributed by atoms with Gasteiger partial charge in [-0.25, -0.2) is 0 Å². The van der Waals surface area contributed by atoms with Crippen LogP contribution in [0.25, 0.3) is 0 Å². The zero-order valence-corrected chi connectivity index (χ0v) is 9.65. The molecule has 0 atom stereocenters. The van der Waals surface area contributed by atoms with Crippen LogP contribution in [-0.4, -0.2) is 26.2 Å². The number of nitrogens with one attached hydrogen (secondary N) is 2. The van der Waals surface area contributed by atoms with E-state index in [2.05, 4.69) is 17.6 Å². The number of hydrogen-bond donors (Lipinski definition) is 2. The topological polar surface area (TPSA) is 24.1 Å². The van der Waals surface area contributed by atoms with Gasteiger partial charge in [0, 0.05) is 0 Å². The summed E-state index contributed by atoms with van der Waals surface area (Å²) in [5, 5.41) is 6.66. The van der Waals surface area contributed by atoms with Gasteiger partial charge in [-0.1, -0.05) is 19.8 Å². The van der Waals surface area contributed by atoms with Gasteiger partial charge >= 0.3 is 0 Å². The molecule has 84 valence electrons. The highest BCUT2D eigenvalue weighted by atomic mass is 14.9. The second-order valence-electron chi connectivity index (χ2n) is 4.60. The zero-order chi connectivity index (χ0) is 10.1. The molecule has 2 rings (SSSR count). The second-order valence-corrected chi connectivity index (χ2v) is 4.60. The Hall–Kier alpha value is -0.0800. The van der Waals surface area contributed by atoms with Crippen molar-refractivity contribution >= 4 is 0 Å². The lowest BCUT2D eigenvalue weighted by Crippen LogP contribution is -2.26. The molecule has 2 fully saturated rings. The van der Waals surface area contributed by atoms with E-state index in [-0.39, 0.29) is 0 Å². The van der Waals surface area contributed by atoms with Gasteiger partial charge in [-0.2, -0.15) is 0 Å². The SMILES string of the molecule is C1CCCNCC1.CC1CCNCC1. The number of hydrogen-bond acceptors (Lipinski definition) is 2. The Labute approximate surface area is 88.8 Å². The highest BCUT2D eigenvalue weighted by Gasteiger charge is 2.05. The van der Waals surface area contributed by atoms with Crippen LogP contribution < -0.4 is 10.6 Å². The Morgan fingerprint density at radius 3 is 1.64 bits per heavy atom. The second kappa shape index (κ2) is 8.25. The molecule has 2 heteroatoms. The summed E-state index contributed by atoms with van der Waals surface area (Å²) in [5.41, 5.74) is 0. The maximum absolute atomic E-state index is 3.35. The minimum atomic E-state index is 0.973. The molecule has 0 saturated carbocycles. The van der Waals surface area contributed by atoms with Crippen molar-refractivity contribution in [3.05, 3.63) is 0 Å². The molecule has 2 heterocycles. The Bertz CT molecular complexity index is 99.8. The first-order valence-corrected chi connectivity index (χ1v) is 6.31. The fourth-order valence-electron chi connectivity index (χ4n) is 1.94. The largest absolute Gasteiger partial charge is 0.317 e. The van der Waals surface area contributed by atoms with E-state index >= 15 is 0 Å². The average Bonchev–Trinajstić information content (AvgIpc) is 2.51. The molecule has 2 saturated heterocycles. The summed E-state index contributed by atoms with van der Waals surface area (Å²) >= 11 is 0. The van der Waals surface area contributed by atoms with E-state index in [1.54, 1.807) is 0 Å². The molecule has 0 unspecified atom stereocenters. The van der Waals surface area contributed by atoms with Gasteiger partial charge in [-0.05, 0) is 57.8 Å². The first-order valence-electron chi connectivity index (χ1n) is 6.31. The quantitative estimate of drug-likeness (QED) is 0.623. The maximum atomic E-state index is 3.35. The van der Waals surface area contributed by atoms with E-state index < -0.39 is 0 Å². The molecule has 2 aliphatic rings. The standard InChI is InChI=1S/2C6H13N/c1-6-2-4-7-5-3-6;1-2-4-6-7-5-3-1/h6-7H,2-5H2,1H3;7H,1-6H2. The smallest absolute Gasteiger partial charge is 0.00464 e. The number of rotatable bonds is 0. The molecule has 0 aliphatic carbocycles. The molecule has 2 aliphatic heterocycles. The van der Waals surface area contributed by atoms with Gasteiger partial charge in [0.25, 0.3) is 0 Å². The third-order valence-corrected chi connectivity index (χ3v) is 3.08. The Morgan fingerprint density at radius 2 is 1.21 bits per heavy atom. The molecular weight excluding hydrogens is 172 g/mol. The Morgan fingerprint density at radius 1 is 0.714 bits per heavy atom. The molecule has 0 radical (unpaired) electrons. The van der Waals surface area contributed by atoms with E-state index in [9.17, 15) is 0 Å². The molecule has 0 bridgehead atoms. The predicted molar refractivity (Wildman–Crippen MR) is 62.6 cm³/mol. The molecule has 0 amide bonds. The summed E-state index contributed by atoms with van der Waals surface area (Å²) < 4.78 is 0. The summed E-state index contributed by atoms with van der Waals surface area (Å²) in [4.78, 5) is 0. The normalized spacial score (nSPS) is 24.6. The van der Waals surface area contributed by atoms with E-state index in [1.165, 1.54) is 64.7 Å². The van der Waals surface area contributed by atoms with Gasteiger partial charge in [0.2, 0.25) is 0 Å². The molecule has 0 aromatic heterocycles. The van der Waals surface area contributed by atoms with Crippen LogP contribution in [-0.2, 0) is 0 Å². The van der Waals surface area contributed by atoms with E-state index in [1.807, 2.05) is 0 Å². The molecule has 0 aromatic rings. The van der Waals surface area contributed by atoms with Crippen LogP contribution in [0.2, 0.25) is 0 Å². The Kier molecular flexibility index (Phi) is 7.06. The van der Waals surface area contributed by atoms with E-state index in [0.29, 0.717) is 0 Å². The van der Waals surface area contributed by atoms with Crippen molar-refractivity contribution < 1.29 is 0 Å². The third-order valence-electron chi connectivity index (χ3n) is 3.08. The van der Waals surface area contributed by atoms with Crippen LogP contribution in [0.15, 0.2) is 0 Å². The average molecular weight is 198 g/mol. The zero-order valence-electron chi connectivity index (χ0n) is 9.65. The minimum Gasteiger partial charge on any atom is -0.317 e. The van der Waals surface area contributed by atoms with Gasteiger partial charge in [-0.3, -0.25) is 0 Å². The van der Waals surface area contributed by atoms with Gasteiger partial charge in [-0.15, -0.1) is 0 Å². The Balaban J connectivity index is 0.000000140. The van der Waals surface area contributed by atoms with Crippen LogP contribution in [0.4, 0.5) is 0 Å². The summed E-state index contributed by atoms with van der Waals surface area (Å²) in [6, 6.07) is 0. The summed E-state index contributed by atoms with van der Waals surface area (Å²) in [7, 11) is 0. The van der Waals surface area contributed by atoms with Crippen molar-refractivity contribution in [2.45, 2.75) is 45.4 Å². The lowest BCUT2D eigenvalue weighted by atomic mass is 10.0. The van der Waals surface area contributed by atoms with Crippen LogP contribution in [0.5, 0.6) is 0 Å². The van der Waals surface area contributed by atoms with Gasteiger partial charge in [0.1, 0.15) is 0 Å². The monoisotopic (exact) mass is 198 g/mol. The van der Waals surface area contributed by atoms with Gasteiger partial charge in [0.15, 0.2) is 0 Å². The van der Waals surface area contributed by atoms with Crippen molar-refractivity contribution in [1.82, 2.24) is 10.6 Å². The van der Waals surface area contributed by atoms with Crippen LogP contribution in [0.3, 0.4) is 0 Å². The van der Waals surface area contributed by atoms with Crippen molar-refractivity contribution in [2.24, 2.45) is 5.92 Å². The lowest BCUT2D eigenvalue weighted by Gasteiger charge is -2.17.